The molecule has 1 N–H and O–H groups in total. The molecule has 0 saturated carbocycles. The Bertz CT molecular complexity index is 409. The van der Waals surface area contributed by atoms with Gasteiger partial charge in [0.2, 0.25) is 5.91 Å². The molecule has 0 aliphatic carbocycles. The molecule has 0 aromatic heterocycles. The number of benzene rings is 1. The van der Waals surface area contributed by atoms with E-state index in [0.717, 1.165) is 18.8 Å². The van der Waals surface area contributed by atoms with Crippen molar-refractivity contribution in [3.05, 3.63) is 24.3 Å². The van der Waals surface area contributed by atoms with Gasteiger partial charge in [0.25, 0.3) is 0 Å². The van der Waals surface area contributed by atoms with Crippen LogP contribution in [0, 0.1) is 5.92 Å². The van der Waals surface area contributed by atoms with Crippen LogP contribution in [0.25, 0.3) is 0 Å². The molecule has 0 unspecified atom stereocenters. The summed E-state index contributed by atoms with van der Waals surface area (Å²) in [5.74, 6) is 0.0921. The second-order valence-corrected chi connectivity index (χ2v) is 5.24. The molecule has 1 aliphatic rings. The molecular formula is C15H22N2O. The van der Waals surface area contributed by atoms with Crippen LogP contribution in [0.2, 0.25) is 0 Å². The topological polar surface area (TPSA) is 32.3 Å². The maximum absolute atomic E-state index is 11.7. The van der Waals surface area contributed by atoms with Gasteiger partial charge in [-0.25, -0.2) is 0 Å². The monoisotopic (exact) mass is 246 g/mol. The summed E-state index contributed by atoms with van der Waals surface area (Å²) in [6, 6.07) is 8.16. The first-order valence-corrected chi connectivity index (χ1v) is 6.82. The zero-order valence-electron chi connectivity index (χ0n) is 11.3. The van der Waals surface area contributed by atoms with Crippen molar-refractivity contribution in [1.29, 1.82) is 0 Å². The van der Waals surface area contributed by atoms with E-state index in [-0.39, 0.29) is 11.8 Å². The van der Waals surface area contributed by atoms with E-state index in [1.54, 1.807) is 0 Å². The van der Waals surface area contributed by atoms with Gasteiger partial charge in [-0.1, -0.05) is 19.9 Å². The summed E-state index contributed by atoms with van der Waals surface area (Å²) < 4.78 is 0. The molecule has 3 nitrogen and oxygen atoms in total. The van der Waals surface area contributed by atoms with Crippen LogP contribution in [0.5, 0.6) is 0 Å². The van der Waals surface area contributed by atoms with E-state index in [4.69, 9.17) is 0 Å². The van der Waals surface area contributed by atoms with E-state index in [9.17, 15) is 4.79 Å². The highest BCUT2D eigenvalue weighted by Gasteiger charge is 2.12. The Balaban J connectivity index is 2.07. The number of hydrogen-bond donors (Lipinski definition) is 1. The normalized spacial score (nSPS) is 15.8. The van der Waals surface area contributed by atoms with Gasteiger partial charge in [0.05, 0.1) is 0 Å². The lowest BCUT2D eigenvalue weighted by Gasteiger charge is -2.29. The minimum Gasteiger partial charge on any atom is -0.371 e. The van der Waals surface area contributed by atoms with Crippen LogP contribution < -0.4 is 10.2 Å². The fraction of sp³-hybridized carbons (Fsp3) is 0.533. The maximum Gasteiger partial charge on any atom is 0.226 e. The van der Waals surface area contributed by atoms with Crippen LogP contribution in [-0.2, 0) is 4.79 Å². The molecule has 1 aromatic rings. The van der Waals surface area contributed by atoms with Crippen molar-refractivity contribution in [1.82, 2.24) is 0 Å². The first-order valence-electron chi connectivity index (χ1n) is 6.82. The minimum absolute atomic E-state index is 0.0173. The molecule has 0 radical (unpaired) electrons. The zero-order chi connectivity index (χ0) is 13.0. The highest BCUT2D eigenvalue weighted by atomic mass is 16.1. The number of piperidine rings is 1. The Morgan fingerprint density at radius 2 is 1.94 bits per heavy atom. The van der Waals surface area contributed by atoms with Crippen LogP contribution in [-0.4, -0.2) is 19.0 Å². The van der Waals surface area contributed by atoms with Crippen LogP contribution in [0.4, 0.5) is 11.4 Å². The van der Waals surface area contributed by atoms with Gasteiger partial charge < -0.3 is 10.2 Å². The molecule has 1 amide bonds. The molecule has 1 aliphatic heterocycles. The Labute approximate surface area is 109 Å². The molecule has 1 saturated heterocycles. The van der Waals surface area contributed by atoms with E-state index in [1.807, 2.05) is 26.0 Å². The number of nitrogens with zero attached hydrogens (tertiary/aromatic N) is 1. The molecule has 0 spiro atoms. The van der Waals surface area contributed by atoms with Crippen molar-refractivity contribution in [3.63, 3.8) is 0 Å². The number of rotatable bonds is 3. The smallest absolute Gasteiger partial charge is 0.226 e. The van der Waals surface area contributed by atoms with Crippen molar-refractivity contribution in [2.75, 3.05) is 23.3 Å². The standard InChI is InChI=1S/C15H22N2O/c1-12(2)15(18)16-13-7-6-8-14(11-13)17-9-4-3-5-10-17/h6-8,11-12H,3-5,9-10H2,1-2H3,(H,16,18). The number of carbonyl (C=O) groups excluding carboxylic acids is 1. The predicted octanol–water partition coefficient (Wildman–Crippen LogP) is 3.27. The number of hydrogen-bond acceptors (Lipinski definition) is 2. The van der Waals surface area contributed by atoms with Crippen molar-refractivity contribution in [2.45, 2.75) is 33.1 Å². The van der Waals surface area contributed by atoms with E-state index >= 15 is 0 Å². The number of nitrogens with one attached hydrogen (secondary N) is 1. The second kappa shape index (κ2) is 5.89. The van der Waals surface area contributed by atoms with Gasteiger partial charge in [0.15, 0.2) is 0 Å². The Hall–Kier alpha value is -1.51. The molecular weight excluding hydrogens is 224 g/mol. The van der Waals surface area contributed by atoms with Crippen LogP contribution >= 0.6 is 0 Å². The van der Waals surface area contributed by atoms with Crippen molar-refractivity contribution in [3.8, 4) is 0 Å². The van der Waals surface area contributed by atoms with Gasteiger partial charge in [0.1, 0.15) is 0 Å². The molecule has 0 bridgehead atoms. The third-order valence-electron chi connectivity index (χ3n) is 3.36. The van der Waals surface area contributed by atoms with E-state index in [0.29, 0.717) is 0 Å². The van der Waals surface area contributed by atoms with Crippen LogP contribution in [0.1, 0.15) is 33.1 Å². The van der Waals surface area contributed by atoms with E-state index in [2.05, 4.69) is 22.3 Å². The van der Waals surface area contributed by atoms with Crippen molar-refractivity contribution >= 4 is 17.3 Å². The summed E-state index contributed by atoms with van der Waals surface area (Å²) in [5, 5.41) is 2.96. The maximum atomic E-state index is 11.7. The Kier molecular flexibility index (Phi) is 4.24. The molecule has 2 rings (SSSR count). The predicted molar refractivity (Wildman–Crippen MR) is 76.0 cm³/mol. The van der Waals surface area contributed by atoms with Crippen molar-refractivity contribution in [2.24, 2.45) is 5.92 Å². The summed E-state index contributed by atoms with van der Waals surface area (Å²) in [5.41, 5.74) is 2.12. The van der Waals surface area contributed by atoms with Crippen LogP contribution in [0.15, 0.2) is 24.3 Å². The van der Waals surface area contributed by atoms with Gasteiger partial charge in [-0.05, 0) is 37.5 Å². The first-order chi connectivity index (χ1) is 8.66. The van der Waals surface area contributed by atoms with Crippen LogP contribution in [0.3, 0.4) is 0 Å². The zero-order valence-corrected chi connectivity index (χ0v) is 11.3. The first kappa shape index (κ1) is 12.9. The van der Waals surface area contributed by atoms with E-state index in [1.165, 1.54) is 24.9 Å². The lowest BCUT2D eigenvalue weighted by molar-refractivity contribution is -0.118. The van der Waals surface area contributed by atoms with E-state index < -0.39 is 0 Å². The SMILES string of the molecule is CC(C)C(=O)Nc1cccc(N2CCCCC2)c1. The summed E-state index contributed by atoms with van der Waals surface area (Å²) in [6.07, 6.45) is 3.87. The molecule has 1 heterocycles. The molecule has 1 aromatic carbocycles. The summed E-state index contributed by atoms with van der Waals surface area (Å²) in [6.45, 7) is 6.07. The lowest BCUT2D eigenvalue weighted by Crippen LogP contribution is -2.29. The molecule has 0 atom stereocenters. The number of carbonyl (C=O) groups is 1. The summed E-state index contributed by atoms with van der Waals surface area (Å²) in [4.78, 5) is 14.1. The Morgan fingerprint density at radius 3 is 2.61 bits per heavy atom. The fourth-order valence-corrected chi connectivity index (χ4v) is 2.22. The minimum atomic E-state index is 0.0173. The van der Waals surface area contributed by atoms with Gasteiger partial charge in [-0.2, -0.15) is 0 Å². The average molecular weight is 246 g/mol. The average Bonchev–Trinajstić information content (AvgIpc) is 2.40. The summed E-state index contributed by atoms with van der Waals surface area (Å²) in [7, 11) is 0. The highest BCUT2D eigenvalue weighted by molar-refractivity contribution is 5.92. The second-order valence-electron chi connectivity index (χ2n) is 5.24. The molecule has 18 heavy (non-hydrogen) atoms. The quantitative estimate of drug-likeness (QED) is 0.887. The van der Waals surface area contributed by atoms with Gasteiger partial charge in [-0.15, -0.1) is 0 Å². The third-order valence-corrected chi connectivity index (χ3v) is 3.36. The summed E-state index contributed by atoms with van der Waals surface area (Å²) >= 11 is 0. The fourth-order valence-electron chi connectivity index (χ4n) is 2.22. The number of amides is 1. The van der Waals surface area contributed by atoms with Gasteiger partial charge in [0, 0.05) is 30.4 Å². The van der Waals surface area contributed by atoms with Crippen molar-refractivity contribution < 1.29 is 4.79 Å². The van der Waals surface area contributed by atoms with Gasteiger partial charge >= 0.3 is 0 Å². The molecule has 3 heteroatoms. The number of anilines is 2. The van der Waals surface area contributed by atoms with Gasteiger partial charge in [-0.3, -0.25) is 4.79 Å². The third kappa shape index (κ3) is 3.25. The Morgan fingerprint density at radius 1 is 1.22 bits per heavy atom. The molecule has 1 fully saturated rings. The molecule has 98 valence electrons. The largest absolute Gasteiger partial charge is 0.371 e. The highest BCUT2D eigenvalue weighted by Crippen LogP contribution is 2.23. The lowest BCUT2D eigenvalue weighted by atomic mass is 10.1.